The lowest BCUT2D eigenvalue weighted by molar-refractivity contribution is -0.0341. The van der Waals surface area contributed by atoms with Crippen LogP contribution in [0, 0.1) is 11.3 Å². The van der Waals surface area contributed by atoms with Gasteiger partial charge in [0.2, 0.25) is 0 Å². The molecular formula is C15H27F2NO. The van der Waals surface area contributed by atoms with Crippen LogP contribution in [0.15, 0.2) is 0 Å². The summed E-state index contributed by atoms with van der Waals surface area (Å²) in [5, 5.41) is 9.91. The van der Waals surface area contributed by atoms with Crippen molar-refractivity contribution in [1.82, 2.24) is 4.90 Å². The first-order chi connectivity index (χ1) is 8.75. The van der Waals surface area contributed by atoms with E-state index in [1.165, 1.54) is 0 Å². The second-order valence-corrected chi connectivity index (χ2v) is 7.06. The molecule has 4 heteroatoms. The van der Waals surface area contributed by atoms with Crippen LogP contribution in [0.1, 0.15) is 52.9 Å². The van der Waals surface area contributed by atoms with Gasteiger partial charge in [-0.05, 0) is 30.6 Å². The summed E-state index contributed by atoms with van der Waals surface area (Å²) in [4.78, 5) is 1.93. The molecule has 1 heterocycles. The maximum atomic E-state index is 13.4. The first kappa shape index (κ1) is 15.2. The number of nitrogens with zero attached hydrogens (tertiary/aromatic N) is 1. The van der Waals surface area contributed by atoms with Crippen LogP contribution in [0.25, 0.3) is 0 Å². The van der Waals surface area contributed by atoms with Crippen molar-refractivity contribution in [3.63, 3.8) is 0 Å². The second kappa shape index (κ2) is 5.28. The van der Waals surface area contributed by atoms with Gasteiger partial charge in [0.05, 0.1) is 12.6 Å². The molecule has 0 bridgehead atoms. The fourth-order valence-corrected chi connectivity index (χ4v) is 3.75. The summed E-state index contributed by atoms with van der Waals surface area (Å²) >= 11 is 0. The molecule has 1 aliphatic heterocycles. The monoisotopic (exact) mass is 275 g/mol. The lowest BCUT2D eigenvalue weighted by Crippen LogP contribution is -2.50. The highest BCUT2D eigenvalue weighted by Gasteiger charge is 2.47. The minimum Gasteiger partial charge on any atom is -0.393 e. The fraction of sp³-hybridized carbons (Fsp3) is 1.00. The average molecular weight is 275 g/mol. The molecule has 0 aromatic carbocycles. The Bertz CT molecular complexity index is 319. The molecule has 2 rings (SSSR count). The Morgan fingerprint density at radius 3 is 2.53 bits per heavy atom. The molecule has 2 nitrogen and oxygen atoms in total. The Balaban J connectivity index is 2.13. The van der Waals surface area contributed by atoms with E-state index in [2.05, 4.69) is 20.8 Å². The van der Waals surface area contributed by atoms with Gasteiger partial charge < -0.3 is 5.11 Å². The summed E-state index contributed by atoms with van der Waals surface area (Å²) in [6.07, 6.45) is 3.13. The zero-order valence-electron chi connectivity index (χ0n) is 12.3. The number of halogens is 2. The third kappa shape index (κ3) is 3.27. The highest BCUT2D eigenvalue weighted by molar-refractivity contribution is 4.97. The normalized spacial score (nSPS) is 36.6. The Morgan fingerprint density at radius 1 is 1.32 bits per heavy atom. The maximum absolute atomic E-state index is 13.4. The molecule has 112 valence electrons. The topological polar surface area (TPSA) is 23.5 Å². The van der Waals surface area contributed by atoms with Crippen molar-refractivity contribution in [2.45, 2.75) is 70.9 Å². The summed E-state index contributed by atoms with van der Waals surface area (Å²) in [7, 11) is 0. The van der Waals surface area contributed by atoms with Crippen molar-refractivity contribution >= 4 is 0 Å². The molecule has 3 unspecified atom stereocenters. The highest BCUT2D eigenvalue weighted by atomic mass is 19.3. The van der Waals surface area contributed by atoms with Crippen molar-refractivity contribution in [1.29, 1.82) is 0 Å². The third-order valence-electron chi connectivity index (χ3n) is 5.37. The average Bonchev–Trinajstić information content (AvgIpc) is 2.69. The van der Waals surface area contributed by atoms with Gasteiger partial charge in [-0.1, -0.05) is 27.2 Å². The number of aliphatic hydroxyl groups excluding tert-OH is 1. The zero-order valence-corrected chi connectivity index (χ0v) is 12.3. The minimum atomic E-state index is -2.54. The summed E-state index contributed by atoms with van der Waals surface area (Å²) in [5.74, 6) is -2.13. The van der Waals surface area contributed by atoms with Crippen molar-refractivity contribution in [3.05, 3.63) is 0 Å². The molecule has 0 aromatic rings. The van der Waals surface area contributed by atoms with Crippen molar-refractivity contribution in [3.8, 4) is 0 Å². The van der Waals surface area contributed by atoms with Crippen molar-refractivity contribution in [2.24, 2.45) is 11.3 Å². The van der Waals surface area contributed by atoms with Crippen LogP contribution >= 0.6 is 0 Å². The molecule has 1 aliphatic carbocycles. The number of hydrogen-bond donors (Lipinski definition) is 1. The summed E-state index contributed by atoms with van der Waals surface area (Å²) < 4.78 is 26.9. The van der Waals surface area contributed by atoms with E-state index in [9.17, 15) is 13.9 Å². The van der Waals surface area contributed by atoms with E-state index in [1.807, 2.05) is 4.90 Å². The number of likely N-dealkylation sites (tertiary alicyclic amines) is 1. The smallest absolute Gasteiger partial charge is 0.261 e. The summed E-state index contributed by atoms with van der Waals surface area (Å²) in [6.45, 7) is 6.98. The molecule has 2 fully saturated rings. The maximum Gasteiger partial charge on any atom is 0.261 e. The van der Waals surface area contributed by atoms with Gasteiger partial charge in [0.15, 0.2) is 0 Å². The molecule has 1 N–H and O–H groups in total. The van der Waals surface area contributed by atoms with Gasteiger partial charge >= 0.3 is 0 Å². The van der Waals surface area contributed by atoms with Gasteiger partial charge in [-0.25, -0.2) is 8.78 Å². The molecule has 0 amide bonds. The van der Waals surface area contributed by atoms with E-state index in [0.717, 1.165) is 19.3 Å². The lowest BCUT2D eigenvalue weighted by atomic mass is 9.66. The van der Waals surface area contributed by atoms with E-state index in [-0.39, 0.29) is 30.5 Å². The van der Waals surface area contributed by atoms with E-state index in [4.69, 9.17) is 0 Å². The standard InChI is InChI=1S/C15H27F2NO/c1-4-14(2,3)12-6-5-11(19)9-13(12)18-8-7-15(16,17)10-18/h11-13,19H,4-10H2,1-3H3. The summed E-state index contributed by atoms with van der Waals surface area (Å²) in [6, 6.07) is 0.118. The molecule has 1 saturated carbocycles. The number of alkyl halides is 2. The van der Waals surface area contributed by atoms with E-state index >= 15 is 0 Å². The highest BCUT2D eigenvalue weighted by Crippen LogP contribution is 2.44. The number of hydrogen-bond acceptors (Lipinski definition) is 2. The Labute approximate surface area is 115 Å². The largest absolute Gasteiger partial charge is 0.393 e. The Morgan fingerprint density at radius 2 is 2.00 bits per heavy atom. The molecule has 0 aromatic heterocycles. The molecule has 2 aliphatic rings. The quantitative estimate of drug-likeness (QED) is 0.854. The van der Waals surface area contributed by atoms with Gasteiger partial charge in [0, 0.05) is 19.0 Å². The van der Waals surface area contributed by atoms with Gasteiger partial charge in [-0.3, -0.25) is 4.90 Å². The van der Waals surface area contributed by atoms with Gasteiger partial charge in [-0.15, -0.1) is 0 Å². The summed E-state index contributed by atoms with van der Waals surface area (Å²) in [5.41, 5.74) is 0.155. The zero-order chi connectivity index (χ0) is 14.3. The molecule has 3 atom stereocenters. The van der Waals surface area contributed by atoms with Crippen molar-refractivity contribution in [2.75, 3.05) is 13.1 Å². The second-order valence-electron chi connectivity index (χ2n) is 7.06. The number of rotatable bonds is 3. The van der Waals surface area contributed by atoms with Crippen LogP contribution in [0.3, 0.4) is 0 Å². The van der Waals surface area contributed by atoms with Gasteiger partial charge in [-0.2, -0.15) is 0 Å². The predicted octanol–water partition coefficient (Wildman–Crippen LogP) is 3.29. The Kier molecular flexibility index (Phi) is 4.22. The van der Waals surface area contributed by atoms with E-state index in [0.29, 0.717) is 18.9 Å². The minimum absolute atomic E-state index is 0.0289. The van der Waals surface area contributed by atoms with Crippen LogP contribution in [0.2, 0.25) is 0 Å². The first-order valence-corrected chi connectivity index (χ1v) is 7.55. The van der Waals surface area contributed by atoms with Crippen molar-refractivity contribution < 1.29 is 13.9 Å². The molecule has 0 radical (unpaired) electrons. The van der Waals surface area contributed by atoms with E-state index < -0.39 is 5.92 Å². The molecular weight excluding hydrogens is 248 g/mol. The van der Waals surface area contributed by atoms with Crippen LogP contribution < -0.4 is 0 Å². The van der Waals surface area contributed by atoms with Crippen LogP contribution in [-0.4, -0.2) is 41.2 Å². The SMILES string of the molecule is CCC(C)(C)C1CCC(O)CC1N1CCC(F)(F)C1. The van der Waals surface area contributed by atoms with Crippen LogP contribution in [-0.2, 0) is 0 Å². The number of aliphatic hydroxyl groups is 1. The fourth-order valence-electron chi connectivity index (χ4n) is 3.75. The molecule has 1 saturated heterocycles. The van der Waals surface area contributed by atoms with Gasteiger partial charge in [0.25, 0.3) is 5.92 Å². The predicted molar refractivity (Wildman–Crippen MR) is 72.3 cm³/mol. The van der Waals surface area contributed by atoms with Crippen LogP contribution in [0.5, 0.6) is 0 Å². The lowest BCUT2D eigenvalue weighted by Gasteiger charge is -2.47. The van der Waals surface area contributed by atoms with Gasteiger partial charge in [0.1, 0.15) is 0 Å². The van der Waals surface area contributed by atoms with E-state index in [1.54, 1.807) is 0 Å². The third-order valence-corrected chi connectivity index (χ3v) is 5.37. The first-order valence-electron chi connectivity index (χ1n) is 7.55. The Hall–Kier alpha value is -0.220. The molecule has 19 heavy (non-hydrogen) atoms. The van der Waals surface area contributed by atoms with Crippen LogP contribution in [0.4, 0.5) is 8.78 Å². The molecule has 0 spiro atoms.